The molecule has 1 aromatic carbocycles. The van der Waals surface area contributed by atoms with Crippen molar-refractivity contribution >= 4 is 22.8 Å². The molecule has 0 spiro atoms. The predicted octanol–water partition coefficient (Wildman–Crippen LogP) is 3.44. The average molecular weight is 418 g/mol. The number of ether oxygens (including phenoxy) is 2. The molecule has 0 bridgehead atoms. The number of aryl methyl sites for hydroxylation is 1. The molecule has 31 heavy (non-hydrogen) atoms. The molecule has 0 radical (unpaired) electrons. The molecule has 1 N–H and O–H groups in total. The van der Waals surface area contributed by atoms with Crippen molar-refractivity contribution in [3.8, 4) is 22.8 Å². The molecule has 0 fully saturated rings. The highest BCUT2D eigenvalue weighted by molar-refractivity contribution is 6.12. The van der Waals surface area contributed by atoms with Crippen molar-refractivity contribution in [1.82, 2.24) is 24.5 Å². The van der Waals surface area contributed by atoms with Gasteiger partial charge in [-0.15, -0.1) is 0 Å². The minimum Gasteiger partial charge on any atom is -0.486 e. The second-order valence-electron chi connectivity index (χ2n) is 7.66. The fourth-order valence-corrected chi connectivity index (χ4v) is 3.60. The van der Waals surface area contributed by atoms with E-state index in [9.17, 15) is 4.79 Å². The molecule has 3 aromatic heterocycles. The molecule has 158 valence electrons. The Hall–Kier alpha value is -3.88. The third-order valence-corrected chi connectivity index (χ3v) is 5.09. The van der Waals surface area contributed by atoms with Crippen LogP contribution in [0.4, 0.5) is 5.82 Å². The molecular weight excluding hydrogens is 396 g/mol. The first-order valence-corrected chi connectivity index (χ1v) is 10.1. The highest BCUT2D eigenvalue weighted by Crippen LogP contribution is 2.35. The number of pyridine rings is 1. The van der Waals surface area contributed by atoms with Gasteiger partial charge in [0.15, 0.2) is 23.0 Å². The molecule has 1 aliphatic heterocycles. The number of nitrogens with one attached hydrogen (secondary N) is 1. The highest BCUT2D eigenvalue weighted by Gasteiger charge is 2.20. The van der Waals surface area contributed by atoms with Gasteiger partial charge in [0, 0.05) is 30.9 Å². The predicted molar refractivity (Wildman–Crippen MR) is 116 cm³/mol. The van der Waals surface area contributed by atoms with E-state index in [0.717, 1.165) is 5.56 Å². The molecule has 0 saturated heterocycles. The van der Waals surface area contributed by atoms with Crippen molar-refractivity contribution in [1.29, 1.82) is 0 Å². The van der Waals surface area contributed by atoms with Crippen LogP contribution >= 0.6 is 0 Å². The fraction of sp³-hybridized carbons (Fsp3) is 0.273. The first-order chi connectivity index (χ1) is 15.0. The van der Waals surface area contributed by atoms with E-state index in [0.29, 0.717) is 52.8 Å². The molecule has 9 nitrogen and oxygen atoms in total. The number of hydrogen-bond acceptors (Lipinski definition) is 6. The number of anilines is 1. The van der Waals surface area contributed by atoms with Crippen LogP contribution in [0.25, 0.3) is 22.3 Å². The first kappa shape index (κ1) is 19.1. The standard InChI is InChI=1S/C22H22N6O3/c1-13(2)28-21-16(12-23-28)15(22(29)25-20-6-7-27(3)26-20)11-17(24-21)14-4-5-18-19(10-14)31-9-8-30-18/h4-7,10-13H,8-9H2,1-3H3,(H,25,26,29). The van der Waals surface area contributed by atoms with E-state index in [1.165, 1.54) is 0 Å². The molecule has 4 aromatic rings. The Labute approximate surface area is 178 Å². The molecule has 0 unspecified atom stereocenters. The molecule has 1 amide bonds. The summed E-state index contributed by atoms with van der Waals surface area (Å²) in [5.74, 6) is 1.58. The molecule has 1 aliphatic rings. The zero-order chi connectivity index (χ0) is 21.5. The van der Waals surface area contributed by atoms with Crippen molar-refractivity contribution in [3.05, 3.63) is 48.3 Å². The van der Waals surface area contributed by atoms with E-state index in [1.54, 1.807) is 36.3 Å². The van der Waals surface area contributed by atoms with E-state index in [1.807, 2.05) is 36.7 Å². The third kappa shape index (κ3) is 3.48. The Morgan fingerprint density at radius 1 is 1.13 bits per heavy atom. The SMILES string of the molecule is CC(C)n1ncc2c(C(=O)Nc3ccn(C)n3)cc(-c3ccc4c(c3)OCCO4)nc21. The van der Waals surface area contributed by atoms with E-state index in [2.05, 4.69) is 15.5 Å². The molecule has 0 atom stereocenters. The van der Waals surface area contributed by atoms with Gasteiger partial charge in [0.05, 0.1) is 22.8 Å². The second-order valence-corrected chi connectivity index (χ2v) is 7.66. The van der Waals surface area contributed by atoms with Gasteiger partial charge in [0.1, 0.15) is 13.2 Å². The Balaban J connectivity index is 1.63. The summed E-state index contributed by atoms with van der Waals surface area (Å²) in [5, 5.41) is 12.2. The van der Waals surface area contributed by atoms with Crippen LogP contribution in [0.2, 0.25) is 0 Å². The normalized spacial score (nSPS) is 13.0. The van der Waals surface area contributed by atoms with Gasteiger partial charge >= 0.3 is 0 Å². The zero-order valence-corrected chi connectivity index (χ0v) is 17.5. The monoisotopic (exact) mass is 418 g/mol. The van der Waals surface area contributed by atoms with Gasteiger partial charge in [-0.2, -0.15) is 10.2 Å². The van der Waals surface area contributed by atoms with Crippen molar-refractivity contribution in [3.63, 3.8) is 0 Å². The Morgan fingerprint density at radius 2 is 1.94 bits per heavy atom. The zero-order valence-electron chi connectivity index (χ0n) is 17.5. The first-order valence-electron chi connectivity index (χ1n) is 10.1. The fourth-order valence-electron chi connectivity index (χ4n) is 3.60. The summed E-state index contributed by atoms with van der Waals surface area (Å²) in [6.45, 7) is 5.08. The van der Waals surface area contributed by atoms with Crippen LogP contribution in [-0.2, 0) is 7.05 Å². The Bertz CT molecular complexity index is 1290. The average Bonchev–Trinajstić information content (AvgIpc) is 3.38. The van der Waals surface area contributed by atoms with Gasteiger partial charge in [0.2, 0.25) is 0 Å². The third-order valence-electron chi connectivity index (χ3n) is 5.09. The lowest BCUT2D eigenvalue weighted by molar-refractivity contribution is 0.102. The van der Waals surface area contributed by atoms with Crippen LogP contribution in [0, 0.1) is 0 Å². The quantitative estimate of drug-likeness (QED) is 0.545. The number of nitrogens with zero attached hydrogens (tertiary/aromatic N) is 5. The number of carbonyl (C=O) groups is 1. The summed E-state index contributed by atoms with van der Waals surface area (Å²) in [6, 6.07) is 9.28. The van der Waals surface area contributed by atoms with Gasteiger partial charge in [0.25, 0.3) is 5.91 Å². The maximum Gasteiger partial charge on any atom is 0.257 e. The summed E-state index contributed by atoms with van der Waals surface area (Å²) in [7, 11) is 1.80. The maximum atomic E-state index is 13.2. The lowest BCUT2D eigenvalue weighted by atomic mass is 10.1. The number of fused-ring (bicyclic) bond motifs is 2. The van der Waals surface area contributed by atoms with Crippen LogP contribution in [-0.4, -0.2) is 43.7 Å². The van der Waals surface area contributed by atoms with Crippen LogP contribution in [0.1, 0.15) is 30.2 Å². The van der Waals surface area contributed by atoms with Gasteiger partial charge in [-0.05, 0) is 38.1 Å². The highest BCUT2D eigenvalue weighted by atomic mass is 16.6. The van der Waals surface area contributed by atoms with Crippen molar-refractivity contribution in [2.45, 2.75) is 19.9 Å². The molecule has 9 heteroatoms. The minimum absolute atomic E-state index is 0.0900. The molecular formula is C22H22N6O3. The number of benzene rings is 1. The van der Waals surface area contributed by atoms with Gasteiger partial charge in [-0.1, -0.05) is 0 Å². The van der Waals surface area contributed by atoms with Gasteiger partial charge in [-0.25, -0.2) is 9.67 Å². The maximum absolute atomic E-state index is 13.2. The summed E-state index contributed by atoms with van der Waals surface area (Å²) in [6.07, 6.45) is 3.46. The van der Waals surface area contributed by atoms with E-state index < -0.39 is 0 Å². The van der Waals surface area contributed by atoms with E-state index >= 15 is 0 Å². The molecule has 5 rings (SSSR count). The van der Waals surface area contributed by atoms with Gasteiger partial charge < -0.3 is 14.8 Å². The summed E-state index contributed by atoms with van der Waals surface area (Å²) >= 11 is 0. The lowest BCUT2D eigenvalue weighted by Gasteiger charge is -2.19. The molecule has 0 aliphatic carbocycles. The number of amides is 1. The van der Waals surface area contributed by atoms with Crippen LogP contribution in [0.15, 0.2) is 42.7 Å². The van der Waals surface area contributed by atoms with Crippen molar-refractivity contribution in [2.24, 2.45) is 7.05 Å². The molecule has 0 saturated carbocycles. The Morgan fingerprint density at radius 3 is 2.68 bits per heavy atom. The van der Waals surface area contributed by atoms with Crippen LogP contribution < -0.4 is 14.8 Å². The topological polar surface area (TPSA) is 96.1 Å². The lowest BCUT2D eigenvalue weighted by Crippen LogP contribution is -2.15. The summed E-state index contributed by atoms with van der Waals surface area (Å²) < 4.78 is 14.8. The Kier molecular flexibility index (Phi) is 4.58. The van der Waals surface area contributed by atoms with Crippen molar-refractivity contribution in [2.75, 3.05) is 18.5 Å². The van der Waals surface area contributed by atoms with Gasteiger partial charge in [-0.3, -0.25) is 9.48 Å². The largest absolute Gasteiger partial charge is 0.486 e. The smallest absolute Gasteiger partial charge is 0.257 e. The number of rotatable bonds is 4. The van der Waals surface area contributed by atoms with Crippen molar-refractivity contribution < 1.29 is 14.3 Å². The summed E-state index contributed by atoms with van der Waals surface area (Å²) in [4.78, 5) is 18.0. The van der Waals surface area contributed by atoms with Crippen LogP contribution in [0.5, 0.6) is 11.5 Å². The second kappa shape index (κ2) is 7.42. The number of hydrogen-bond donors (Lipinski definition) is 1. The summed E-state index contributed by atoms with van der Waals surface area (Å²) in [5.41, 5.74) is 2.61. The number of carbonyl (C=O) groups excluding carboxylic acids is 1. The van der Waals surface area contributed by atoms with Crippen LogP contribution in [0.3, 0.4) is 0 Å². The van der Waals surface area contributed by atoms with E-state index in [-0.39, 0.29) is 11.9 Å². The molecule has 4 heterocycles. The van der Waals surface area contributed by atoms with E-state index in [4.69, 9.17) is 14.5 Å². The minimum atomic E-state index is -0.270. The number of aromatic nitrogens is 5.